The number of benzene rings is 2. The predicted molar refractivity (Wildman–Crippen MR) is 146 cm³/mol. The molecule has 5 N–H and O–H groups in total. The van der Waals surface area contributed by atoms with Crippen LogP contribution < -0.4 is 16.8 Å². The molecule has 0 aliphatic heterocycles. The summed E-state index contributed by atoms with van der Waals surface area (Å²) in [5.74, 6) is 0. The fraction of sp³-hybridized carbons (Fsp3) is 0.172. The Bertz CT molecular complexity index is 1050. The van der Waals surface area contributed by atoms with Crippen LogP contribution in [0.25, 0.3) is 12.2 Å². The summed E-state index contributed by atoms with van der Waals surface area (Å²) in [6.45, 7) is 6.04. The standard InChI is InChI=1S/C29H36N4/c1-6-22(8-10-24-12-16-26(30)17-13-24)20-28(32-3)29(33(4)5)21-23(7-2)9-11-25-14-18-27(31)19-15-25/h6-21,28,32H,1,30-31H2,2-5H3/b10-8+,11-9+,22-20+,23-7?,29-21-. The van der Waals surface area contributed by atoms with Crippen LogP contribution in [-0.2, 0) is 0 Å². The lowest BCUT2D eigenvalue weighted by Crippen LogP contribution is -2.32. The Hall–Kier alpha value is -3.76. The van der Waals surface area contributed by atoms with E-state index in [1.165, 1.54) is 0 Å². The Kier molecular flexibility index (Phi) is 10.00. The summed E-state index contributed by atoms with van der Waals surface area (Å²) in [5, 5.41) is 3.41. The average molecular weight is 441 g/mol. The number of hydrogen-bond acceptors (Lipinski definition) is 4. The van der Waals surface area contributed by atoms with E-state index in [4.69, 9.17) is 11.5 Å². The lowest BCUT2D eigenvalue weighted by molar-refractivity contribution is 0.462. The van der Waals surface area contributed by atoms with Gasteiger partial charge in [-0.05, 0) is 66.6 Å². The number of nitrogens with two attached hydrogens (primary N) is 2. The van der Waals surface area contributed by atoms with Crippen molar-refractivity contribution < 1.29 is 0 Å². The van der Waals surface area contributed by atoms with Crippen LogP contribution in [-0.4, -0.2) is 32.1 Å². The number of nitrogens with zero attached hydrogens (tertiary/aromatic N) is 1. The highest BCUT2D eigenvalue weighted by Gasteiger charge is 2.12. The van der Waals surface area contributed by atoms with Crippen LogP contribution >= 0.6 is 0 Å². The third-order valence-electron chi connectivity index (χ3n) is 5.20. The molecule has 0 aromatic heterocycles. The zero-order chi connectivity index (χ0) is 24.2. The summed E-state index contributed by atoms with van der Waals surface area (Å²) in [6.07, 6.45) is 16.7. The number of nitrogens with one attached hydrogen (secondary N) is 1. The number of hydrogen-bond donors (Lipinski definition) is 3. The summed E-state index contributed by atoms with van der Waals surface area (Å²) in [4.78, 5) is 2.13. The normalized spacial score (nSPS) is 14.1. The molecule has 0 aliphatic rings. The second-order valence-corrected chi connectivity index (χ2v) is 7.89. The number of rotatable bonds is 10. The highest BCUT2D eigenvalue weighted by Crippen LogP contribution is 2.17. The molecule has 0 fully saturated rings. The van der Waals surface area contributed by atoms with E-state index in [2.05, 4.69) is 73.4 Å². The van der Waals surface area contributed by atoms with Crippen LogP contribution in [0.3, 0.4) is 0 Å². The molecule has 0 saturated heterocycles. The van der Waals surface area contributed by atoms with Gasteiger partial charge in [0.2, 0.25) is 0 Å². The Morgan fingerprint density at radius 2 is 1.36 bits per heavy atom. The Morgan fingerprint density at radius 3 is 1.76 bits per heavy atom. The summed E-state index contributed by atoms with van der Waals surface area (Å²) in [7, 11) is 6.07. The fourth-order valence-corrected chi connectivity index (χ4v) is 3.20. The van der Waals surface area contributed by atoms with E-state index in [1.54, 1.807) is 0 Å². The molecular formula is C29H36N4. The number of likely N-dealkylation sites (N-methyl/N-ethyl adjacent to an activating group) is 2. The van der Waals surface area contributed by atoms with E-state index < -0.39 is 0 Å². The van der Waals surface area contributed by atoms with Crippen molar-refractivity contribution in [2.24, 2.45) is 0 Å². The first-order valence-electron chi connectivity index (χ1n) is 11.0. The molecular weight excluding hydrogens is 404 g/mol. The Labute approximate surface area is 199 Å². The van der Waals surface area contributed by atoms with Gasteiger partial charge in [0.25, 0.3) is 0 Å². The van der Waals surface area contributed by atoms with Crippen molar-refractivity contribution in [3.63, 3.8) is 0 Å². The molecule has 4 heteroatoms. The Morgan fingerprint density at radius 1 is 0.879 bits per heavy atom. The molecule has 0 spiro atoms. The van der Waals surface area contributed by atoms with Crippen LogP contribution in [0.2, 0.25) is 0 Å². The van der Waals surface area contributed by atoms with Crippen molar-refractivity contribution in [2.75, 3.05) is 32.6 Å². The maximum absolute atomic E-state index is 5.79. The van der Waals surface area contributed by atoms with Crippen LogP contribution in [0.1, 0.15) is 18.1 Å². The topological polar surface area (TPSA) is 67.3 Å². The van der Waals surface area contributed by atoms with Gasteiger partial charge < -0.3 is 21.7 Å². The van der Waals surface area contributed by atoms with E-state index in [1.807, 2.05) is 68.6 Å². The zero-order valence-electron chi connectivity index (χ0n) is 20.1. The van der Waals surface area contributed by atoms with Gasteiger partial charge in [0.1, 0.15) is 0 Å². The first-order chi connectivity index (χ1) is 15.9. The fourth-order valence-electron chi connectivity index (χ4n) is 3.20. The number of anilines is 2. The SMILES string of the molecule is C=CC(/C=C/c1ccc(N)cc1)=C\C(NC)/C(=C/C(=CC)/C=C/c1ccc(N)cc1)N(C)C. The maximum Gasteiger partial charge on any atom is 0.0663 e. The summed E-state index contributed by atoms with van der Waals surface area (Å²) >= 11 is 0. The van der Waals surface area contributed by atoms with Gasteiger partial charge in [-0.1, -0.05) is 73.4 Å². The second kappa shape index (κ2) is 12.9. The molecule has 4 nitrogen and oxygen atoms in total. The third kappa shape index (κ3) is 8.36. The summed E-state index contributed by atoms with van der Waals surface area (Å²) in [5.41, 5.74) is 18.6. The smallest absolute Gasteiger partial charge is 0.0663 e. The summed E-state index contributed by atoms with van der Waals surface area (Å²) < 4.78 is 0. The second-order valence-electron chi connectivity index (χ2n) is 7.89. The lowest BCUT2D eigenvalue weighted by Gasteiger charge is -2.25. The van der Waals surface area contributed by atoms with E-state index >= 15 is 0 Å². The van der Waals surface area contributed by atoms with Gasteiger partial charge in [0.15, 0.2) is 0 Å². The minimum Gasteiger partial charge on any atom is -0.399 e. The first kappa shape index (κ1) is 25.5. The van der Waals surface area contributed by atoms with E-state index in [0.717, 1.165) is 39.3 Å². The molecule has 33 heavy (non-hydrogen) atoms. The predicted octanol–water partition coefficient (Wildman–Crippen LogP) is 5.67. The van der Waals surface area contributed by atoms with E-state index in [9.17, 15) is 0 Å². The molecule has 1 unspecified atom stereocenters. The first-order valence-corrected chi connectivity index (χ1v) is 11.0. The molecule has 0 saturated carbocycles. The minimum atomic E-state index is 0.00365. The van der Waals surface area contributed by atoms with Crippen molar-refractivity contribution in [3.05, 3.63) is 120 Å². The van der Waals surface area contributed by atoms with Gasteiger partial charge in [-0.15, -0.1) is 0 Å². The van der Waals surface area contributed by atoms with Crippen LogP contribution in [0.4, 0.5) is 11.4 Å². The van der Waals surface area contributed by atoms with Crippen molar-refractivity contribution in [3.8, 4) is 0 Å². The van der Waals surface area contributed by atoms with Gasteiger partial charge >= 0.3 is 0 Å². The van der Waals surface area contributed by atoms with Crippen molar-refractivity contribution in [1.82, 2.24) is 10.2 Å². The minimum absolute atomic E-state index is 0.00365. The maximum atomic E-state index is 5.79. The molecule has 2 aromatic carbocycles. The quantitative estimate of drug-likeness (QED) is 0.329. The molecule has 2 rings (SSSR count). The highest BCUT2D eigenvalue weighted by atomic mass is 15.1. The van der Waals surface area contributed by atoms with Gasteiger partial charge in [-0.2, -0.15) is 0 Å². The Balaban J connectivity index is 2.30. The molecule has 0 radical (unpaired) electrons. The molecule has 1 atom stereocenters. The van der Waals surface area contributed by atoms with Gasteiger partial charge in [0.05, 0.1) is 6.04 Å². The van der Waals surface area contributed by atoms with Crippen LogP contribution in [0.5, 0.6) is 0 Å². The molecule has 0 amide bonds. The monoisotopic (exact) mass is 440 g/mol. The number of allylic oxidation sites excluding steroid dienone is 7. The average Bonchev–Trinajstić information content (AvgIpc) is 2.82. The van der Waals surface area contributed by atoms with Gasteiger partial charge in [0, 0.05) is 31.2 Å². The van der Waals surface area contributed by atoms with E-state index in [0.29, 0.717) is 0 Å². The van der Waals surface area contributed by atoms with Crippen molar-refractivity contribution in [1.29, 1.82) is 0 Å². The largest absolute Gasteiger partial charge is 0.399 e. The molecule has 2 aromatic rings. The highest BCUT2D eigenvalue weighted by molar-refractivity contribution is 5.59. The van der Waals surface area contributed by atoms with Crippen LogP contribution in [0.15, 0.2) is 108 Å². The van der Waals surface area contributed by atoms with E-state index in [-0.39, 0.29) is 6.04 Å². The molecule has 0 bridgehead atoms. The van der Waals surface area contributed by atoms with Crippen molar-refractivity contribution >= 4 is 23.5 Å². The molecule has 0 heterocycles. The lowest BCUT2D eigenvalue weighted by atomic mass is 10.0. The number of nitrogen functional groups attached to an aromatic ring is 2. The molecule has 172 valence electrons. The third-order valence-corrected chi connectivity index (χ3v) is 5.20. The van der Waals surface area contributed by atoms with Gasteiger partial charge in [-0.3, -0.25) is 0 Å². The molecule has 0 aliphatic carbocycles. The van der Waals surface area contributed by atoms with Gasteiger partial charge in [-0.25, -0.2) is 0 Å². The summed E-state index contributed by atoms with van der Waals surface area (Å²) in [6, 6.07) is 15.6. The van der Waals surface area contributed by atoms with Crippen LogP contribution in [0, 0.1) is 0 Å². The van der Waals surface area contributed by atoms with Crippen molar-refractivity contribution in [2.45, 2.75) is 13.0 Å². The zero-order valence-corrected chi connectivity index (χ0v) is 20.1.